The summed E-state index contributed by atoms with van der Waals surface area (Å²) < 4.78 is 26.2. The molecule has 0 aliphatic carbocycles. The number of nitrogens with zero attached hydrogens (tertiary/aromatic N) is 1. The first-order valence-electron chi connectivity index (χ1n) is 5.98. The molecule has 0 radical (unpaired) electrons. The molecule has 0 spiro atoms. The van der Waals surface area contributed by atoms with Crippen LogP contribution in [0.3, 0.4) is 0 Å². The molecule has 0 unspecified atom stereocenters. The van der Waals surface area contributed by atoms with Gasteiger partial charge in [0.05, 0.1) is 5.69 Å². The molecule has 2 aromatic rings. The number of hydrogen-bond acceptors (Lipinski definition) is 3. The summed E-state index contributed by atoms with van der Waals surface area (Å²) in [6, 6.07) is 3.82. The van der Waals surface area contributed by atoms with Crippen molar-refractivity contribution >= 4 is 11.3 Å². The van der Waals surface area contributed by atoms with Crippen LogP contribution in [0, 0.1) is 11.6 Å². The van der Waals surface area contributed by atoms with Crippen LogP contribution < -0.4 is 5.73 Å². The van der Waals surface area contributed by atoms with E-state index in [9.17, 15) is 8.78 Å². The van der Waals surface area contributed by atoms with Gasteiger partial charge in [0.15, 0.2) is 11.6 Å². The van der Waals surface area contributed by atoms with Crippen LogP contribution in [0.5, 0.6) is 0 Å². The number of rotatable bonds is 2. The molecule has 0 aliphatic rings. The number of halogens is 2. The molecular weight excluding hydrogens is 266 g/mol. The van der Waals surface area contributed by atoms with Gasteiger partial charge in [0.1, 0.15) is 5.01 Å². The molecule has 0 fully saturated rings. The van der Waals surface area contributed by atoms with Crippen LogP contribution in [0.25, 0.3) is 10.6 Å². The minimum absolute atomic E-state index is 0.123. The topological polar surface area (TPSA) is 38.9 Å². The van der Waals surface area contributed by atoms with Gasteiger partial charge < -0.3 is 5.73 Å². The highest BCUT2D eigenvalue weighted by molar-refractivity contribution is 7.15. The van der Waals surface area contributed by atoms with Gasteiger partial charge >= 0.3 is 0 Å². The average Bonchev–Trinajstić information content (AvgIpc) is 2.76. The zero-order chi connectivity index (χ0) is 14.2. The Bertz CT molecular complexity index is 600. The molecule has 0 saturated carbocycles. The summed E-state index contributed by atoms with van der Waals surface area (Å²) in [5, 5.41) is 0.671. The summed E-state index contributed by atoms with van der Waals surface area (Å²) in [5.74, 6) is -1.71. The van der Waals surface area contributed by atoms with Gasteiger partial charge in [-0.2, -0.15) is 0 Å². The van der Waals surface area contributed by atoms with E-state index in [4.69, 9.17) is 5.73 Å². The molecule has 1 aromatic carbocycles. The lowest BCUT2D eigenvalue weighted by Gasteiger charge is -2.16. The Morgan fingerprint density at radius 3 is 2.37 bits per heavy atom. The Labute approximate surface area is 115 Å². The fraction of sp³-hybridized carbons (Fsp3) is 0.357. The van der Waals surface area contributed by atoms with E-state index in [1.807, 2.05) is 0 Å². The second kappa shape index (κ2) is 4.98. The van der Waals surface area contributed by atoms with Crippen molar-refractivity contribution in [1.82, 2.24) is 4.98 Å². The SMILES string of the molecule is CC(C)(C)c1nc(-c2ccc(F)c(F)c2)sc1CN. The van der Waals surface area contributed by atoms with E-state index in [2.05, 4.69) is 25.8 Å². The van der Waals surface area contributed by atoms with Gasteiger partial charge in [0.25, 0.3) is 0 Å². The van der Waals surface area contributed by atoms with Gasteiger partial charge in [-0.25, -0.2) is 13.8 Å². The predicted octanol–water partition coefficient (Wildman–Crippen LogP) is 3.84. The van der Waals surface area contributed by atoms with Crippen LogP contribution in [0.2, 0.25) is 0 Å². The third kappa shape index (κ3) is 2.82. The first-order valence-corrected chi connectivity index (χ1v) is 6.80. The van der Waals surface area contributed by atoms with Gasteiger partial charge in [0.2, 0.25) is 0 Å². The molecule has 5 heteroatoms. The fourth-order valence-corrected chi connectivity index (χ4v) is 2.98. The largest absolute Gasteiger partial charge is 0.326 e. The number of benzene rings is 1. The number of hydrogen-bond donors (Lipinski definition) is 1. The van der Waals surface area contributed by atoms with Crippen LogP contribution in [0.15, 0.2) is 18.2 Å². The third-order valence-electron chi connectivity index (χ3n) is 2.76. The Morgan fingerprint density at radius 2 is 1.89 bits per heavy atom. The van der Waals surface area contributed by atoms with Crippen molar-refractivity contribution in [2.45, 2.75) is 32.7 Å². The zero-order valence-corrected chi connectivity index (χ0v) is 11.9. The fourth-order valence-electron chi connectivity index (χ4n) is 1.83. The molecule has 0 saturated heterocycles. The summed E-state index contributed by atoms with van der Waals surface area (Å²) in [6.07, 6.45) is 0. The Balaban J connectivity index is 2.51. The lowest BCUT2D eigenvalue weighted by molar-refractivity contribution is 0.509. The Hall–Kier alpha value is -1.33. The van der Waals surface area contributed by atoms with E-state index in [0.29, 0.717) is 17.1 Å². The highest BCUT2D eigenvalue weighted by atomic mass is 32.1. The molecular formula is C14H16F2N2S. The van der Waals surface area contributed by atoms with Crippen LogP contribution in [-0.2, 0) is 12.0 Å². The highest BCUT2D eigenvalue weighted by Crippen LogP contribution is 2.34. The van der Waals surface area contributed by atoms with E-state index in [0.717, 1.165) is 16.6 Å². The molecule has 0 aliphatic heterocycles. The minimum atomic E-state index is -0.862. The van der Waals surface area contributed by atoms with Crippen molar-refractivity contribution in [2.75, 3.05) is 0 Å². The molecule has 2 rings (SSSR count). The zero-order valence-electron chi connectivity index (χ0n) is 11.1. The van der Waals surface area contributed by atoms with Crippen LogP contribution >= 0.6 is 11.3 Å². The molecule has 0 bridgehead atoms. The van der Waals surface area contributed by atoms with Gasteiger partial charge in [-0.3, -0.25) is 0 Å². The molecule has 0 atom stereocenters. The molecule has 1 heterocycles. The molecule has 19 heavy (non-hydrogen) atoms. The predicted molar refractivity (Wildman–Crippen MR) is 74.1 cm³/mol. The van der Waals surface area contributed by atoms with Crippen LogP contribution in [0.1, 0.15) is 31.3 Å². The van der Waals surface area contributed by atoms with Crippen molar-refractivity contribution in [3.05, 3.63) is 40.4 Å². The van der Waals surface area contributed by atoms with E-state index in [1.54, 1.807) is 0 Å². The monoisotopic (exact) mass is 282 g/mol. The molecule has 2 nitrogen and oxygen atoms in total. The van der Waals surface area contributed by atoms with E-state index < -0.39 is 11.6 Å². The van der Waals surface area contributed by atoms with E-state index >= 15 is 0 Å². The van der Waals surface area contributed by atoms with Crippen LogP contribution in [0.4, 0.5) is 8.78 Å². The first kappa shape index (κ1) is 14.1. The number of thiazole rings is 1. The first-order chi connectivity index (χ1) is 8.82. The average molecular weight is 282 g/mol. The maximum atomic E-state index is 13.3. The Kier molecular flexibility index (Phi) is 3.69. The number of nitrogens with two attached hydrogens (primary N) is 1. The van der Waals surface area contributed by atoms with Gasteiger partial charge in [0, 0.05) is 22.4 Å². The van der Waals surface area contributed by atoms with E-state index in [1.165, 1.54) is 23.5 Å². The van der Waals surface area contributed by atoms with Crippen LogP contribution in [-0.4, -0.2) is 4.98 Å². The van der Waals surface area contributed by atoms with E-state index in [-0.39, 0.29) is 5.41 Å². The van der Waals surface area contributed by atoms with Gasteiger partial charge in [-0.1, -0.05) is 20.8 Å². The Morgan fingerprint density at radius 1 is 1.21 bits per heavy atom. The summed E-state index contributed by atoms with van der Waals surface area (Å²) >= 11 is 1.43. The summed E-state index contributed by atoms with van der Waals surface area (Å²) in [6.45, 7) is 6.55. The summed E-state index contributed by atoms with van der Waals surface area (Å²) in [5.41, 5.74) is 7.10. The van der Waals surface area contributed by atoms with Crippen molar-refractivity contribution in [3.8, 4) is 10.6 Å². The third-order valence-corrected chi connectivity index (χ3v) is 3.89. The van der Waals surface area contributed by atoms with Crippen molar-refractivity contribution in [2.24, 2.45) is 5.73 Å². The summed E-state index contributed by atoms with van der Waals surface area (Å²) in [7, 11) is 0. The molecule has 0 amide bonds. The van der Waals surface area contributed by atoms with Crippen molar-refractivity contribution in [3.63, 3.8) is 0 Å². The second-order valence-electron chi connectivity index (χ2n) is 5.37. The smallest absolute Gasteiger partial charge is 0.159 e. The number of aromatic nitrogens is 1. The maximum absolute atomic E-state index is 13.3. The molecule has 1 aromatic heterocycles. The van der Waals surface area contributed by atoms with Crippen molar-refractivity contribution < 1.29 is 8.78 Å². The lowest BCUT2D eigenvalue weighted by atomic mass is 9.91. The summed E-state index contributed by atoms with van der Waals surface area (Å²) in [4.78, 5) is 5.52. The maximum Gasteiger partial charge on any atom is 0.159 e. The lowest BCUT2D eigenvalue weighted by Crippen LogP contribution is -2.15. The van der Waals surface area contributed by atoms with Crippen molar-refractivity contribution in [1.29, 1.82) is 0 Å². The normalized spacial score (nSPS) is 11.9. The van der Waals surface area contributed by atoms with Gasteiger partial charge in [-0.05, 0) is 18.2 Å². The quantitative estimate of drug-likeness (QED) is 0.908. The second-order valence-corrected chi connectivity index (χ2v) is 6.46. The molecule has 2 N–H and O–H groups in total. The highest BCUT2D eigenvalue weighted by Gasteiger charge is 2.23. The standard InChI is InChI=1S/C14H16F2N2S/c1-14(2,3)12-11(7-17)19-13(18-12)8-4-5-9(15)10(16)6-8/h4-6H,7,17H2,1-3H3. The van der Waals surface area contributed by atoms with Gasteiger partial charge in [-0.15, -0.1) is 11.3 Å². The molecule has 102 valence electrons. The minimum Gasteiger partial charge on any atom is -0.326 e.